The third kappa shape index (κ3) is 0.748. The van der Waals surface area contributed by atoms with Crippen molar-refractivity contribution in [2.75, 3.05) is 0 Å². The van der Waals surface area contributed by atoms with Gasteiger partial charge in [-0.05, 0) is 19.8 Å². The molecule has 2 rings (SSSR count). The minimum atomic E-state index is -0.0347. The third-order valence-electron chi connectivity index (χ3n) is 2.27. The Morgan fingerprint density at radius 1 is 1.67 bits per heavy atom. The van der Waals surface area contributed by atoms with Crippen molar-refractivity contribution in [1.82, 2.24) is 0 Å². The summed E-state index contributed by atoms with van der Waals surface area (Å²) in [7, 11) is 3.73. The van der Waals surface area contributed by atoms with E-state index in [4.69, 9.17) is 0 Å². The fourth-order valence-corrected chi connectivity index (χ4v) is 5.18. The lowest BCUT2D eigenvalue weighted by atomic mass is 10.1. The van der Waals surface area contributed by atoms with Gasteiger partial charge in [0.25, 0.3) is 0 Å². The summed E-state index contributed by atoms with van der Waals surface area (Å²) >= 11 is 0. The fraction of sp³-hybridized carbons (Fsp3) is 1.00. The maximum absolute atomic E-state index is 9.55. The van der Waals surface area contributed by atoms with E-state index in [0.29, 0.717) is 5.25 Å². The van der Waals surface area contributed by atoms with E-state index >= 15 is 0 Å². The van der Waals surface area contributed by atoms with Crippen molar-refractivity contribution >= 4 is 21.6 Å². The van der Waals surface area contributed by atoms with Crippen molar-refractivity contribution in [3.05, 3.63) is 0 Å². The summed E-state index contributed by atoms with van der Waals surface area (Å²) in [6, 6.07) is 0. The van der Waals surface area contributed by atoms with Crippen LogP contribution in [0.5, 0.6) is 0 Å². The minimum Gasteiger partial charge on any atom is -0.390 e. The molecule has 2 aliphatic rings. The van der Waals surface area contributed by atoms with Gasteiger partial charge < -0.3 is 5.11 Å². The first-order chi connectivity index (χ1) is 4.22. The van der Waals surface area contributed by atoms with Crippen molar-refractivity contribution in [2.45, 2.75) is 35.9 Å². The molecule has 0 aromatic carbocycles. The van der Waals surface area contributed by atoms with Gasteiger partial charge in [-0.3, -0.25) is 0 Å². The number of aliphatic hydroxyl groups is 1. The SMILES string of the molecule is CC12CCC(SS1)C2O. The molecule has 1 heterocycles. The van der Waals surface area contributed by atoms with Crippen molar-refractivity contribution in [2.24, 2.45) is 0 Å². The van der Waals surface area contributed by atoms with Gasteiger partial charge in [-0.15, -0.1) is 0 Å². The Hall–Kier alpha value is 0.660. The van der Waals surface area contributed by atoms with Crippen LogP contribution in [0.25, 0.3) is 0 Å². The van der Waals surface area contributed by atoms with Gasteiger partial charge in [0, 0.05) is 5.25 Å². The van der Waals surface area contributed by atoms with Gasteiger partial charge in [0.1, 0.15) is 0 Å². The van der Waals surface area contributed by atoms with Crippen LogP contribution in [-0.2, 0) is 0 Å². The Labute approximate surface area is 63.0 Å². The molecule has 1 saturated carbocycles. The summed E-state index contributed by atoms with van der Waals surface area (Å²) in [4.78, 5) is 0. The summed E-state index contributed by atoms with van der Waals surface area (Å²) in [6.45, 7) is 2.17. The second kappa shape index (κ2) is 1.83. The van der Waals surface area contributed by atoms with Crippen molar-refractivity contribution in [1.29, 1.82) is 0 Å². The van der Waals surface area contributed by atoms with Crippen molar-refractivity contribution in [3.63, 3.8) is 0 Å². The number of aliphatic hydroxyl groups excluding tert-OH is 1. The Morgan fingerprint density at radius 3 is 2.56 bits per heavy atom. The van der Waals surface area contributed by atoms with E-state index in [0.717, 1.165) is 0 Å². The molecular formula is C6H10OS2. The molecule has 1 aliphatic carbocycles. The third-order valence-corrected chi connectivity index (χ3v) is 6.10. The molecule has 0 spiro atoms. The average molecular weight is 162 g/mol. The molecule has 1 aliphatic heterocycles. The summed E-state index contributed by atoms with van der Waals surface area (Å²) in [5.41, 5.74) is 0. The molecule has 9 heavy (non-hydrogen) atoms. The van der Waals surface area contributed by atoms with Crippen molar-refractivity contribution in [3.8, 4) is 0 Å². The first-order valence-corrected chi connectivity index (χ1v) is 5.46. The molecule has 2 bridgehead atoms. The maximum Gasteiger partial charge on any atom is 0.0819 e. The highest BCUT2D eigenvalue weighted by molar-refractivity contribution is 8.78. The van der Waals surface area contributed by atoms with Gasteiger partial charge >= 0.3 is 0 Å². The summed E-state index contributed by atoms with van der Waals surface area (Å²) in [6.07, 6.45) is 2.39. The largest absolute Gasteiger partial charge is 0.390 e. The van der Waals surface area contributed by atoms with E-state index in [1.807, 2.05) is 21.6 Å². The molecule has 0 aromatic rings. The molecule has 0 amide bonds. The molecule has 0 aromatic heterocycles. The van der Waals surface area contributed by atoms with Crippen LogP contribution in [0.1, 0.15) is 19.8 Å². The van der Waals surface area contributed by atoms with Gasteiger partial charge in [-0.1, -0.05) is 21.6 Å². The lowest BCUT2D eigenvalue weighted by molar-refractivity contribution is 0.165. The van der Waals surface area contributed by atoms with Gasteiger partial charge in [-0.2, -0.15) is 0 Å². The quantitative estimate of drug-likeness (QED) is 0.547. The minimum absolute atomic E-state index is 0.0347. The Balaban J connectivity index is 2.26. The van der Waals surface area contributed by atoms with Gasteiger partial charge in [0.05, 0.1) is 10.9 Å². The van der Waals surface area contributed by atoms with Gasteiger partial charge in [-0.25, -0.2) is 0 Å². The monoisotopic (exact) mass is 162 g/mol. The van der Waals surface area contributed by atoms with Crippen LogP contribution in [0.4, 0.5) is 0 Å². The van der Waals surface area contributed by atoms with E-state index in [2.05, 4.69) is 6.92 Å². The van der Waals surface area contributed by atoms with E-state index in [1.54, 1.807) is 0 Å². The molecule has 0 radical (unpaired) electrons. The maximum atomic E-state index is 9.55. The summed E-state index contributed by atoms with van der Waals surface area (Å²) in [5.74, 6) is 0. The Bertz CT molecular complexity index is 129. The van der Waals surface area contributed by atoms with E-state index in [-0.39, 0.29) is 10.9 Å². The van der Waals surface area contributed by atoms with Gasteiger partial charge in [0.2, 0.25) is 0 Å². The molecule has 3 unspecified atom stereocenters. The smallest absolute Gasteiger partial charge is 0.0819 e. The van der Waals surface area contributed by atoms with Crippen molar-refractivity contribution < 1.29 is 5.11 Å². The molecule has 3 atom stereocenters. The lowest BCUT2D eigenvalue weighted by Crippen LogP contribution is -2.29. The standard InChI is InChI=1S/C6H10OS2/c1-6-3-2-4(5(6)7)8-9-6/h4-5,7H,2-3H2,1H3. The van der Waals surface area contributed by atoms with Crippen LogP contribution < -0.4 is 0 Å². The first-order valence-electron chi connectivity index (χ1n) is 3.25. The highest BCUT2D eigenvalue weighted by Gasteiger charge is 2.51. The zero-order valence-corrected chi connectivity index (χ0v) is 6.97. The van der Waals surface area contributed by atoms with Gasteiger partial charge in [0.15, 0.2) is 0 Å². The van der Waals surface area contributed by atoms with Crippen LogP contribution in [-0.4, -0.2) is 21.2 Å². The zero-order chi connectivity index (χ0) is 6.48. The second-order valence-corrected chi connectivity index (χ2v) is 5.99. The van der Waals surface area contributed by atoms with Crippen LogP contribution >= 0.6 is 21.6 Å². The highest BCUT2D eigenvalue weighted by atomic mass is 33.1. The molecular weight excluding hydrogens is 152 g/mol. The summed E-state index contributed by atoms with van der Waals surface area (Å²) < 4.78 is 0.204. The lowest BCUT2D eigenvalue weighted by Gasteiger charge is -2.19. The number of rotatable bonds is 0. The Morgan fingerprint density at radius 2 is 2.44 bits per heavy atom. The molecule has 1 nitrogen and oxygen atoms in total. The van der Waals surface area contributed by atoms with Crippen LogP contribution in [0, 0.1) is 0 Å². The molecule has 2 fully saturated rings. The highest BCUT2D eigenvalue weighted by Crippen LogP contribution is 2.59. The number of hydrogen-bond donors (Lipinski definition) is 1. The number of fused-ring (bicyclic) bond motifs is 2. The molecule has 1 N–H and O–H groups in total. The Kier molecular flexibility index (Phi) is 1.30. The predicted octanol–water partition coefficient (Wildman–Crippen LogP) is 1.66. The van der Waals surface area contributed by atoms with Crippen LogP contribution in [0.15, 0.2) is 0 Å². The van der Waals surface area contributed by atoms with E-state index in [9.17, 15) is 5.11 Å². The topological polar surface area (TPSA) is 20.2 Å². The van der Waals surface area contributed by atoms with Crippen LogP contribution in [0.2, 0.25) is 0 Å². The predicted molar refractivity (Wildman–Crippen MR) is 42.6 cm³/mol. The second-order valence-electron chi connectivity index (χ2n) is 3.01. The van der Waals surface area contributed by atoms with E-state index in [1.165, 1.54) is 12.8 Å². The number of hydrogen-bond acceptors (Lipinski definition) is 3. The van der Waals surface area contributed by atoms with E-state index < -0.39 is 0 Å². The summed E-state index contributed by atoms with van der Waals surface area (Å²) in [5, 5.41) is 10.1. The molecule has 52 valence electrons. The molecule has 1 saturated heterocycles. The zero-order valence-electron chi connectivity index (χ0n) is 5.33. The first kappa shape index (κ1) is 6.38. The normalized spacial score (nSPS) is 56.7. The van der Waals surface area contributed by atoms with Crippen LogP contribution in [0.3, 0.4) is 0 Å². The molecule has 3 heteroatoms. The fourth-order valence-electron chi connectivity index (χ4n) is 1.49. The average Bonchev–Trinajstić information content (AvgIpc) is 2.24.